The standard InChI is InChI=1S/C19H18N4O/c1-14-20-21-18-13-22(11-12-23(14)18)19(24)17-10-6-5-9-16(17)15-7-3-2-4-8-15/h2-10H,11-13H2,1H3. The molecule has 5 nitrogen and oxygen atoms in total. The van der Waals surface area contributed by atoms with Gasteiger partial charge < -0.3 is 9.47 Å². The molecule has 120 valence electrons. The summed E-state index contributed by atoms with van der Waals surface area (Å²) in [5, 5.41) is 8.29. The second-order valence-electron chi connectivity index (χ2n) is 5.95. The van der Waals surface area contributed by atoms with Crippen LogP contribution in [0.15, 0.2) is 54.6 Å². The van der Waals surface area contributed by atoms with Gasteiger partial charge >= 0.3 is 0 Å². The maximum absolute atomic E-state index is 13.1. The third kappa shape index (κ3) is 2.48. The number of amides is 1. The molecule has 0 atom stereocenters. The van der Waals surface area contributed by atoms with Crippen molar-refractivity contribution >= 4 is 5.91 Å². The van der Waals surface area contributed by atoms with Crippen molar-refractivity contribution in [2.24, 2.45) is 0 Å². The lowest BCUT2D eigenvalue weighted by atomic mass is 9.99. The van der Waals surface area contributed by atoms with Crippen LogP contribution in [0.1, 0.15) is 22.0 Å². The minimum absolute atomic E-state index is 0.0429. The van der Waals surface area contributed by atoms with E-state index in [9.17, 15) is 4.79 Å². The quantitative estimate of drug-likeness (QED) is 0.730. The van der Waals surface area contributed by atoms with Gasteiger partial charge in [-0.2, -0.15) is 0 Å². The Morgan fingerprint density at radius 2 is 1.71 bits per heavy atom. The van der Waals surface area contributed by atoms with Crippen LogP contribution in [0.3, 0.4) is 0 Å². The fraction of sp³-hybridized carbons (Fsp3) is 0.211. The Hall–Kier alpha value is -2.95. The second kappa shape index (κ2) is 5.92. The first-order valence-electron chi connectivity index (χ1n) is 8.06. The first-order valence-corrected chi connectivity index (χ1v) is 8.06. The van der Waals surface area contributed by atoms with E-state index in [0.29, 0.717) is 13.1 Å². The minimum atomic E-state index is 0.0429. The zero-order chi connectivity index (χ0) is 16.5. The molecular weight excluding hydrogens is 300 g/mol. The van der Waals surface area contributed by atoms with Gasteiger partial charge in [0.05, 0.1) is 6.54 Å². The van der Waals surface area contributed by atoms with Gasteiger partial charge in [0, 0.05) is 18.7 Å². The Kier molecular flexibility index (Phi) is 3.61. The Balaban J connectivity index is 1.67. The molecule has 2 heterocycles. The molecule has 0 N–H and O–H groups in total. The smallest absolute Gasteiger partial charge is 0.254 e. The third-order valence-corrected chi connectivity index (χ3v) is 4.47. The van der Waals surface area contributed by atoms with Gasteiger partial charge in [0.25, 0.3) is 5.91 Å². The van der Waals surface area contributed by atoms with E-state index in [0.717, 1.165) is 34.9 Å². The van der Waals surface area contributed by atoms with Gasteiger partial charge in [-0.1, -0.05) is 48.5 Å². The van der Waals surface area contributed by atoms with E-state index in [1.54, 1.807) is 0 Å². The second-order valence-corrected chi connectivity index (χ2v) is 5.95. The molecule has 0 fully saturated rings. The number of aromatic nitrogens is 3. The van der Waals surface area contributed by atoms with Crippen LogP contribution >= 0.6 is 0 Å². The highest BCUT2D eigenvalue weighted by atomic mass is 16.2. The number of carbonyl (C=O) groups is 1. The molecule has 4 rings (SSSR count). The van der Waals surface area contributed by atoms with Crippen LogP contribution in [-0.2, 0) is 13.1 Å². The van der Waals surface area contributed by atoms with E-state index in [2.05, 4.69) is 14.8 Å². The third-order valence-electron chi connectivity index (χ3n) is 4.47. The molecule has 0 aliphatic carbocycles. The number of nitrogens with zero attached hydrogens (tertiary/aromatic N) is 4. The van der Waals surface area contributed by atoms with Crippen molar-refractivity contribution < 1.29 is 4.79 Å². The average Bonchev–Trinajstić information content (AvgIpc) is 3.02. The zero-order valence-electron chi connectivity index (χ0n) is 13.5. The van der Waals surface area contributed by atoms with Crippen LogP contribution in [0.4, 0.5) is 0 Å². The molecule has 24 heavy (non-hydrogen) atoms. The van der Waals surface area contributed by atoms with Crippen LogP contribution in [-0.4, -0.2) is 32.1 Å². The molecule has 3 aromatic rings. The van der Waals surface area contributed by atoms with Gasteiger partial charge in [-0.05, 0) is 24.1 Å². The first kappa shape index (κ1) is 14.6. The molecule has 0 saturated heterocycles. The summed E-state index contributed by atoms with van der Waals surface area (Å²) in [5.41, 5.74) is 2.75. The highest BCUT2D eigenvalue weighted by Crippen LogP contribution is 2.25. The number of hydrogen-bond acceptors (Lipinski definition) is 3. The predicted octanol–water partition coefficient (Wildman–Crippen LogP) is 2.91. The van der Waals surface area contributed by atoms with Crippen LogP contribution < -0.4 is 0 Å². The fourth-order valence-electron chi connectivity index (χ4n) is 3.19. The highest BCUT2D eigenvalue weighted by molar-refractivity contribution is 6.00. The summed E-state index contributed by atoms with van der Waals surface area (Å²) >= 11 is 0. The van der Waals surface area contributed by atoms with Crippen molar-refractivity contribution in [2.45, 2.75) is 20.0 Å². The molecule has 1 aliphatic heterocycles. The van der Waals surface area contributed by atoms with E-state index >= 15 is 0 Å². The molecule has 0 bridgehead atoms. The van der Waals surface area contributed by atoms with Crippen molar-refractivity contribution in [3.8, 4) is 11.1 Å². The fourth-order valence-corrected chi connectivity index (χ4v) is 3.19. The van der Waals surface area contributed by atoms with Crippen LogP contribution in [0, 0.1) is 6.92 Å². The van der Waals surface area contributed by atoms with Crippen molar-refractivity contribution in [1.29, 1.82) is 0 Å². The molecule has 1 aliphatic rings. The lowest BCUT2D eigenvalue weighted by Gasteiger charge is -2.28. The number of hydrogen-bond donors (Lipinski definition) is 0. The number of carbonyl (C=O) groups excluding carboxylic acids is 1. The van der Waals surface area contributed by atoms with E-state index < -0.39 is 0 Å². The van der Waals surface area contributed by atoms with Crippen LogP contribution in [0.5, 0.6) is 0 Å². The van der Waals surface area contributed by atoms with E-state index in [4.69, 9.17) is 0 Å². The normalized spacial score (nSPS) is 13.6. The van der Waals surface area contributed by atoms with Crippen molar-refractivity contribution in [1.82, 2.24) is 19.7 Å². The minimum Gasteiger partial charge on any atom is -0.329 e. The molecule has 5 heteroatoms. The van der Waals surface area contributed by atoms with Gasteiger partial charge in [-0.3, -0.25) is 4.79 Å². The Morgan fingerprint density at radius 1 is 0.958 bits per heavy atom. The monoisotopic (exact) mass is 318 g/mol. The topological polar surface area (TPSA) is 51.0 Å². The molecule has 1 aromatic heterocycles. The zero-order valence-corrected chi connectivity index (χ0v) is 13.5. The Labute approximate surface area is 140 Å². The average molecular weight is 318 g/mol. The van der Waals surface area contributed by atoms with Gasteiger partial charge in [-0.15, -0.1) is 10.2 Å². The lowest BCUT2D eigenvalue weighted by Crippen LogP contribution is -2.38. The molecule has 0 unspecified atom stereocenters. The molecule has 1 amide bonds. The van der Waals surface area contributed by atoms with Crippen molar-refractivity contribution in [3.05, 3.63) is 71.8 Å². The van der Waals surface area contributed by atoms with Crippen molar-refractivity contribution in [2.75, 3.05) is 6.54 Å². The summed E-state index contributed by atoms with van der Waals surface area (Å²) in [6.07, 6.45) is 0. The van der Waals surface area contributed by atoms with Crippen molar-refractivity contribution in [3.63, 3.8) is 0 Å². The molecule has 0 saturated carbocycles. The summed E-state index contributed by atoms with van der Waals surface area (Å²) in [6, 6.07) is 17.8. The number of rotatable bonds is 2. The summed E-state index contributed by atoms with van der Waals surface area (Å²) in [4.78, 5) is 14.9. The molecule has 0 radical (unpaired) electrons. The molecular formula is C19H18N4O. The largest absolute Gasteiger partial charge is 0.329 e. The lowest BCUT2D eigenvalue weighted by molar-refractivity contribution is 0.0707. The number of aryl methyl sites for hydroxylation is 1. The van der Waals surface area contributed by atoms with Gasteiger partial charge in [0.15, 0.2) is 5.82 Å². The highest BCUT2D eigenvalue weighted by Gasteiger charge is 2.25. The summed E-state index contributed by atoms with van der Waals surface area (Å²) < 4.78 is 2.08. The maximum Gasteiger partial charge on any atom is 0.254 e. The maximum atomic E-state index is 13.1. The summed E-state index contributed by atoms with van der Waals surface area (Å²) in [6.45, 7) is 3.86. The SMILES string of the molecule is Cc1nnc2n1CCN(C(=O)c1ccccc1-c1ccccc1)C2. The van der Waals surface area contributed by atoms with E-state index in [1.807, 2.05) is 66.4 Å². The predicted molar refractivity (Wildman–Crippen MR) is 91.4 cm³/mol. The Morgan fingerprint density at radius 3 is 2.54 bits per heavy atom. The van der Waals surface area contributed by atoms with E-state index in [1.165, 1.54) is 0 Å². The molecule has 2 aromatic carbocycles. The van der Waals surface area contributed by atoms with Gasteiger partial charge in [-0.25, -0.2) is 0 Å². The van der Waals surface area contributed by atoms with Crippen LogP contribution in [0.2, 0.25) is 0 Å². The molecule has 0 spiro atoms. The van der Waals surface area contributed by atoms with Gasteiger partial charge in [0.1, 0.15) is 5.82 Å². The van der Waals surface area contributed by atoms with E-state index in [-0.39, 0.29) is 5.91 Å². The number of fused-ring (bicyclic) bond motifs is 1. The summed E-state index contributed by atoms with van der Waals surface area (Å²) in [5.74, 6) is 1.80. The number of benzene rings is 2. The van der Waals surface area contributed by atoms with Gasteiger partial charge in [0.2, 0.25) is 0 Å². The van der Waals surface area contributed by atoms with Crippen LogP contribution in [0.25, 0.3) is 11.1 Å². The summed E-state index contributed by atoms with van der Waals surface area (Å²) in [7, 11) is 0. The Bertz CT molecular complexity index is 885. The first-order chi connectivity index (χ1) is 11.7.